The number of hydrogen-bond acceptors (Lipinski definition) is 3. The van der Waals surface area contributed by atoms with Crippen LogP contribution in [-0.4, -0.2) is 22.7 Å². The Morgan fingerprint density at radius 2 is 2.33 bits per heavy atom. The Kier molecular flexibility index (Phi) is 2.50. The summed E-state index contributed by atoms with van der Waals surface area (Å²) in [6, 6.07) is 0. The number of ketones is 1. The Hall–Kier alpha value is -1.32. The second-order valence-electron chi connectivity index (χ2n) is 4.12. The molecule has 2 rings (SSSR count). The van der Waals surface area contributed by atoms with E-state index in [1.54, 1.807) is 13.3 Å². The van der Waals surface area contributed by atoms with Gasteiger partial charge in [0.25, 0.3) is 0 Å². The molecule has 0 aromatic carbocycles. The molecule has 15 heavy (non-hydrogen) atoms. The Morgan fingerprint density at radius 1 is 1.60 bits per heavy atom. The molecule has 1 aromatic heterocycles. The second-order valence-corrected chi connectivity index (χ2v) is 4.12. The van der Waals surface area contributed by atoms with Gasteiger partial charge in [0.1, 0.15) is 5.78 Å². The lowest BCUT2D eigenvalue weighted by molar-refractivity contribution is -0.120. The first-order valence-corrected chi connectivity index (χ1v) is 5.23. The van der Waals surface area contributed by atoms with Gasteiger partial charge in [-0.2, -0.15) is 5.10 Å². The molecule has 1 aliphatic rings. The summed E-state index contributed by atoms with van der Waals surface area (Å²) in [6.07, 6.45) is 3.31. The number of Topliss-reactive ketones (excluding diaryl/α,β-unsaturated/α-hetero) is 1. The molecule has 4 nitrogen and oxygen atoms in total. The number of carbonyl (C=O) groups is 1. The van der Waals surface area contributed by atoms with E-state index in [0.29, 0.717) is 12.2 Å². The van der Waals surface area contributed by atoms with Gasteiger partial charge < -0.3 is 4.74 Å². The number of ether oxygens (including phenoxy) is 1. The van der Waals surface area contributed by atoms with Crippen LogP contribution in [-0.2, 0) is 11.8 Å². The Bertz CT molecular complexity index is 384. The average Bonchev–Trinajstić information content (AvgIpc) is 2.73. The SMILES string of the molecule is COc1cnn(C)c1C1CCC(=O)C1C. The first-order chi connectivity index (χ1) is 7.15. The first-order valence-electron chi connectivity index (χ1n) is 5.23. The Balaban J connectivity index is 2.36. The maximum Gasteiger partial charge on any atom is 0.160 e. The van der Waals surface area contributed by atoms with E-state index < -0.39 is 0 Å². The van der Waals surface area contributed by atoms with Crippen molar-refractivity contribution >= 4 is 5.78 Å². The highest BCUT2D eigenvalue weighted by Crippen LogP contribution is 2.40. The fraction of sp³-hybridized carbons (Fsp3) is 0.636. The summed E-state index contributed by atoms with van der Waals surface area (Å²) in [7, 11) is 3.54. The lowest BCUT2D eigenvalue weighted by Gasteiger charge is -2.15. The van der Waals surface area contributed by atoms with Crippen molar-refractivity contribution in [3.8, 4) is 5.75 Å². The maximum atomic E-state index is 11.5. The van der Waals surface area contributed by atoms with Gasteiger partial charge in [-0.05, 0) is 6.42 Å². The summed E-state index contributed by atoms with van der Waals surface area (Å²) in [5.74, 6) is 1.50. The van der Waals surface area contributed by atoms with Crippen molar-refractivity contribution in [1.82, 2.24) is 9.78 Å². The van der Waals surface area contributed by atoms with Crippen LogP contribution in [0.2, 0.25) is 0 Å². The van der Waals surface area contributed by atoms with Crippen LogP contribution < -0.4 is 4.74 Å². The third-order valence-corrected chi connectivity index (χ3v) is 3.33. The molecule has 1 aromatic rings. The number of rotatable bonds is 2. The summed E-state index contributed by atoms with van der Waals surface area (Å²) in [6.45, 7) is 1.99. The van der Waals surface area contributed by atoms with E-state index >= 15 is 0 Å². The molecule has 0 spiro atoms. The topological polar surface area (TPSA) is 44.1 Å². The summed E-state index contributed by atoms with van der Waals surface area (Å²) < 4.78 is 7.09. The van der Waals surface area contributed by atoms with Crippen LogP contribution in [0, 0.1) is 5.92 Å². The minimum atomic E-state index is 0.0919. The molecule has 4 heteroatoms. The highest BCUT2D eigenvalue weighted by molar-refractivity contribution is 5.84. The van der Waals surface area contributed by atoms with Crippen molar-refractivity contribution in [1.29, 1.82) is 0 Å². The molecule has 0 bridgehead atoms. The van der Waals surface area contributed by atoms with Crippen molar-refractivity contribution in [2.24, 2.45) is 13.0 Å². The number of carbonyl (C=O) groups excluding carboxylic acids is 1. The highest BCUT2D eigenvalue weighted by Gasteiger charge is 2.35. The third kappa shape index (κ3) is 1.54. The predicted molar refractivity (Wildman–Crippen MR) is 55.9 cm³/mol. The van der Waals surface area contributed by atoms with E-state index in [0.717, 1.165) is 17.9 Å². The van der Waals surface area contributed by atoms with E-state index in [9.17, 15) is 4.79 Å². The summed E-state index contributed by atoms with van der Waals surface area (Å²) in [5.41, 5.74) is 1.05. The molecule has 2 unspecified atom stereocenters. The molecule has 0 radical (unpaired) electrons. The smallest absolute Gasteiger partial charge is 0.160 e. The molecule has 1 saturated carbocycles. The van der Waals surface area contributed by atoms with E-state index in [1.807, 2.05) is 18.7 Å². The first kappa shape index (κ1) is 10.2. The predicted octanol–water partition coefficient (Wildman–Crippen LogP) is 1.51. The normalized spacial score (nSPS) is 25.9. The van der Waals surface area contributed by atoms with E-state index in [4.69, 9.17) is 4.74 Å². The van der Waals surface area contributed by atoms with Crippen LogP contribution in [0.25, 0.3) is 0 Å². The van der Waals surface area contributed by atoms with Crippen molar-refractivity contribution in [3.05, 3.63) is 11.9 Å². The minimum absolute atomic E-state index is 0.0919. The van der Waals surface area contributed by atoms with Crippen molar-refractivity contribution in [3.63, 3.8) is 0 Å². The lowest BCUT2D eigenvalue weighted by atomic mass is 9.94. The van der Waals surface area contributed by atoms with Crippen molar-refractivity contribution < 1.29 is 9.53 Å². The monoisotopic (exact) mass is 208 g/mol. The zero-order chi connectivity index (χ0) is 11.0. The van der Waals surface area contributed by atoms with Crippen LogP contribution in [0.3, 0.4) is 0 Å². The van der Waals surface area contributed by atoms with Crippen LogP contribution >= 0.6 is 0 Å². The zero-order valence-corrected chi connectivity index (χ0v) is 9.36. The molecule has 82 valence electrons. The van der Waals surface area contributed by atoms with Crippen LogP contribution in [0.5, 0.6) is 5.75 Å². The zero-order valence-electron chi connectivity index (χ0n) is 9.36. The highest BCUT2D eigenvalue weighted by atomic mass is 16.5. The Labute approximate surface area is 89.2 Å². The fourth-order valence-electron chi connectivity index (χ4n) is 2.38. The number of nitrogens with zero attached hydrogens (tertiary/aromatic N) is 2. The third-order valence-electron chi connectivity index (χ3n) is 3.33. The molecule has 1 heterocycles. The number of methoxy groups -OCH3 is 1. The van der Waals surface area contributed by atoms with E-state index in [1.165, 1.54) is 0 Å². The molecular weight excluding hydrogens is 192 g/mol. The van der Waals surface area contributed by atoms with Gasteiger partial charge in [-0.15, -0.1) is 0 Å². The molecule has 0 aliphatic heterocycles. The van der Waals surface area contributed by atoms with Crippen LogP contribution in [0.15, 0.2) is 6.20 Å². The van der Waals surface area contributed by atoms with E-state index in [2.05, 4.69) is 5.10 Å². The number of aromatic nitrogens is 2. The molecule has 0 amide bonds. The molecule has 0 N–H and O–H groups in total. The number of aryl methyl sites for hydroxylation is 1. The van der Waals surface area contributed by atoms with Gasteiger partial charge in [0.15, 0.2) is 5.75 Å². The Morgan fingerprint density at radius 3 is 2.87 bits per heavy atom. The standard InChI is InChI=1S/C11H16N2O2/c1-7-8(4-5-9(7)14)11-10(15-3)6-12-13(11)2/h6-8H,4-5H2,1-3H3. The fourth-order valence-corrected chi connectivity index (χ4v) is 2.38. The maximum absolute atomic E-state index is 11.5. The van der Waals surface area contributed by atoms with Crippen molar-refractivity contribution in [2.45, 2.75) is 25.7 Å². The second kappa shape index (κ2) is 3.68. The summed E-state index contributed by atoms with van der Waals surface area (Å²) in [5, 5.41) is 4.17. The van der Waals surface area contributed by atoms with Gasteiger partial charge in [-0.3, -0.25) is 9.48 Å². The lowest BCUT2D eigenvalue weighted by Crippen LogP contribution is -2.13. The van der Waals surface area contributed by atoms with Gasteiger partial charge in [0.2, 0.25) is 0 Å². The summed E-state index contributed by atoms with van der Waals surface area (Å²) >= 11 is 0. The molecular formula is C11H16N2O2. The van der Waals surface area contributed by atoms with Crippen LogP contribution in [0.1, 0.15) is 31.4 Å². The quantitative estimate of drug-likeness (QED) is 0.740. The van der Waals surface area contributed by atoms with Gasteiger partial charge in [-0.1, -0.05) is 6.92 Å². The minimum Gasteiger partial charge on any atom is -0.493 e. The average molecular weight is 208 g/mol. The van der Waals surface area contributed by atoms with Gasteiger partial charge in [0, 0.05) is 25.3 Å². The molecule has 1 aliphatic carbocycles. The van der Waals surface area contributed by atoms with E-state index in [-0.39, 0.29) is 11.8 Å². The van der Waals surface area contributed by atoms with Gasteiger partial charge >= 0.3 is 0 Å². The molecule has 0 saturated heterocycles. The van der Waals surface area contributed by atoms with Gasteiger partial charge in [0.05, 0.1) is 19.0 Å². The molecule has 2 atom stereocenters. The van der Waals surface area contributed by atoms with Crippen molar-refractivity contribution in [2.75, 3.05) is 7.11 Å². The number of hydrogen-bond donors (Lipinski definition) is 0. The van der Waals surface area contributed by atoms with Crippen LogP contribution in [0.4, 0.5) is 0 Å². The summed E-state index contributed by atoms with van der Waals surface area (Å²) in [4.78, 5) is 11.5. The van der Waals surface area contributed by atoms with Gasteiger partial charge in [-0.25, -0.2) is 0 Å². The largest absolute Gasteiger partial charge is 0.493 e. The molecule has 1 fully saturated rings.